The number of urea groups is 1. The molecule has 2 amide bonds. The third-order valence-electron chi connectivity index (χ3n) is 4.37. The van der Waals surface area contributed by atoms with Gasteiger partial charge in [-0.25, -0.2) is 9.59 Å². The van der Waals surface area contributed by atoms with Crippen LogP contribution in [0, 0.1) is 11.3 Å². The molecule has 1 atom stereocenters. The van der Waals surface area contributed by atoms with E-state index in [1.807, 2.05) is 30.3 Å². The predicted molar refractivity (Wildman–Crippen MR) is 92.9 cm³/mol. The molecule has 1 heterocycles. The molecule has 2 rings (SSSR count). The van der Waals surface area contributed by atoms with Crippen molar-refractivity contribution < 1.29 is 14.7 Å². The molecular formula is C17H21N3O3S. The lowest BCUT2D eigenvalue weighted by atomic mass is 9.74. The van der Waals surface area contributed by atoms with Gasteiger partial charge in [0.1, 0.15) is 6.04 Å². The van der Waals surface area contributed by atoms with Crippen molar-refractivity contribution in [3.05, 3.63) is 35.9 Å². The van der Waals surface area contributed by atoms with Gasteiger partial charge in [-0.3, -0.25) is 0 Å². The fourth-order valence-corrected chi connectivity index (χ4v) is 3.45. The summed E-state index contributed by atoms with van der Waals surface area (Å²) in [5, 5.41) is 21.3. The molecule has 0 radical (unpaired) electrons. The van der Waals surface area contributed by atoms with Gasteiger partial charge in [-0.1, -0.05) is 30.3 Å². The van der Waals surface area contributed by atoms with Crippen molar-refractivity contribution >= 4 is 23.8 Å². The van der Waals surface area contributed by atoms with Gasteiger partial charge in [-0.05, 0) is 24.7 Å². The highest BCUT2D eigenvalue weighted by Crippen LogP contribution is 2.34. The normalized spacial score (nSPS) is 17.6. The Balaban J connectivity index is 2.00. The highest BCUT2D eigenvalue weighted by molar-refractivity contribution is 7.98. The highest BCUT2D eigenvalue weighted by atomic mass is 32.2. The number of piperidine rings is 1. The molecule has 1 aromatic rings. The monoisotopic (exact) mass is 347 g/mol. The Bertz CT molecular complexity index is 622. The van der Waals surface area contributed by atoms with Crippen molar-refractivity contribution in [3.8, 4) is 6.07 Å². The van der Waals surface area contributed by atoms with Crippen LogP contribution >= 0.6 is 11.8 Å². The van der Waals surface area contributed by atoms with E-state index in [0.29, 0.717) is 31.7 Å². The van der Waals surface area contributed by atoms with Gasteiger partial charge >= 0.3 is 12.0 Å². The van der Waals surface area contributed by atoms with Gasteiger partial charge < -0.3 is 15.3 Å². The maximum absolute atomic E-state index is 12.3. The zero-order valence-electron chi connectivity index (χ0n) is 13.6. The summed E-state index contributed by atoms with van der Waals surface area (Å²) in [6.45, 7) is 0.861. The van der Waals surface area contributed by atoms with E-state index in [-0.39, 0.29) is 6.03 Å². The fourth-order valence-electron chi connectivity index (χ4n) is 2.90. The standard InChI is InChI=1S/C17H21N3O3S/c1-24-11-14(15(21)22)19-16(23)20-9-7-17(12-18,8-10-20)13-5-3-2-4-6-13/h2-6,14H,7-11H2,1H3,(H,19,23)(H,21,22)/t14-/m0/s1. The summed E-state index contributed by atoms with van der Waals surface area (Å²) in [7, 11) is 0. The highest BCUT2D eigenvalue weighted by Gasteiger charge is 2.38. The van der Waals surface area contributed by atoms with Gasteiger partial charge in [0.15, 0.2) is 0 Å². The number of aliphatic carboxylic acids is 1. The van der Waals surface area contributed by atoms with E-state index in [4.69, 9.17) is 5.11 Å². The number of carbonyl (C=O) groups is 2. The first kappa shape index (κ1) is 18.1. The number of carboxylic acids is 1. The van der Waals surface area contributed by atoms with Gasteiger partial charge in [0, 0.05) is 18.8 Å². The molecule has 6 nitrogen and oxygen atoms in total. The average Bonchev–Trinajstić information content (AvgIpc) is 2.62. The molecule has 0 spiro atoms. The average molecular weight is 347 g/mol. The molecule has 2 N–H and O–H groups in total. The summed E-state index contributed by atoms with van der Waals surface area (Å²) in [5.41, 5.74) is 0.391. The molecule has 1 aliphatic heterocycles. The summed E-state index contributed by atoms with van der Waals surface area (Å²) in [6.07, 6.45) is 2.88. The molecule has 1 aromatic carbocycles. The molecule has 128 valence electrons. The number of thioether (sulfide) groups is 1. The lowest BCUT2D eigenvalue weighted by Crippen LogP contribution is -2.52. The number of rotatable bonds is 5. The van der Waals surface area contributed by atoms with Crippen LogP contribution in [0.4, 0.5) is 4.79 Å². The first-order valence-corrected chi connectivity index (χ1v) is 9.16. The lowest BCUT2D eigenvalue weighted by molar-refractivity contribution is -0.138. The van der Waals surface area contributed by atoms with Crippen molar-refractivity contribution in [1.29, 1.82) is 5.26 Å². The molecule has 0 aliphatic carbocycles. The minimum Gasteiger partial charge on any atom is -0.480 e. The third-order valence-corrected chi connectivity index (χ3v) is 5.04. The smallest absolute Gasteiger partial charge is 0.327 e. The molecule has 1 saturated heterocycles. The van der Waals surface area contributed by atoms with Crippen LogP contribution in [0.3, 0.4) is 0 Å². The predicted octanol–water partition coefficient (Wildman–Crippen LogP) is 2.07. The maximum atomic E-state index is 12.3. The van der Waals surface area contributed by atoms with E-state index in [9.17, 15) is 14.9 Å². The topological polar surface area (TPSA) is 93.4 Å². The van der Waals surface area contributed by atoms with E-state index < -0.39 is 17.4 Å². The van der Waals surface area contributed by atoms with Crippen LogP contribution in [0.2, 0.25) is 0 Å². The minimum atomic E-state index is -1.04. The van der Waals surface area contributed by atoms with E-state index in [1.165, 1.54) is 11.8 Å². The van der Waals surface area contributed by atoms with Crippen molar-refractivity contribution in [2.24, 2.45) is 0 Å². The minimum absolute atomic E-state index is 0.320. The largest absolute Gasteiger partial charge is 0.480 e. The number of likely N-dealkylation sites (tertiary alicyclic amines) is 1. The van der Waals surface area contributed by atoms with Crippen molar-refractivity contribution in [2.45, 2.75) is 24.3 Å². The number of hydrogen-bond acceptors (Lipinski definition) is 4. The van der Waals surface area contributed by atoms with E-state index in [2.05, 4.69) is 11.4 Å². The summed E-state index contributed by atoms with van der Waals surface area (Å²) in [6, 6.07) is 10.8. The number of carboxylic acid groups (broad SMARTS) is 1. The number of nitriles is 1. The zero-order valence-corrected chi connectivity index (χ0v) is 14.4. The maximum Gasteiger partial charge on any atom is 0.327 e. The Morgan fingerprint density at radius 3 is 2.50 bits per heavy atom. The Morgan fingerprint density at radius 1 is 1.38 bits per heavy atom. The Kier molecular flexibility index (Phi) is 6.10. The van der Waals surface area contributed by atoms with Crippen LogP contribution in [0.15, 0.2) is 30.3 Å². The Morgan fingerprint density at radius 2 is 2.00 bits per heavy atom. The van der Waals surface area contributed by atoms with Crippen LogP contribution in [-0.4, -0.2) is 53.1 Å². The molecule has 0 bridgehead atoms. The first-order chi connectivity index (χ1) is 11.5. The molecule has 1 aliphatic rings. The van der Waals surface area contributed by atoms with Crippen LogP contribution in [-0.2, 0) is 10.2 Å². The van der Waals surface area contributed by atoms with Gasteiger partial charge in [-0.15, -0.1) is 0 Å². The van der Waals surface area contributed by atoms with E-state index in [1.54, 1.807) is 11.2 Å². The fraction of sp³-hybridized carbons (Fsp3) is 0.471. The van der Waals surface area contributed by atoms with Crippen molar-refractivity contribution in [1.82, 2.24) is 10.2 Å². The molecule has 7 heteroatoms. The number of nitrogens with one attached hydrogen (secondary N) is 1. The van der Waals surface area contributed by atoms with Gasteiger partial charge in [0.25, 0.3) is 0 Å². The van der Waals surface area contributed by atoms with Crippen LogP contribution in [0.25, 0.3) is 0 Å². The van der Waals surface area contributed by atoms with Crippen LogP contribution in [0.5, 0.6) is 0 Å². The molecule has 1 fully saturated rings. The van der Waals surface area contributed by atoms with Crippen LogP contribution < -0.4 is 5.32 Å². The molecule has 24 heavy (non-hydrogen) atoms. The summed E-state index contributed by atoms with van der Waals surface area (Å²) in [5.74, 6) is -0.716. The summed E-state index contributed by atoms with van der Waals surface area (Å²) < 4.78 is 0. The second-order valence-electron chi connectivity index (χ2n) is 5.84. The number of nitrogens with zero attached hydrogens (tertiary/aromatic N) is 2. The van der Waals surface area contributed by atoms with Crippen LogP contribution in [0.1, 0.15) is 18.4 Å². The first-order valence-electron chi connectivity index (χ1n) is 7.76. The van der Waals surface area contributed by atoms with Gasteiger partial charge in [-0.2, -0.15) is 17.0 Å². The van der Waals surface area contributed by atoms with E-state index in [0.717, 1.165) is 5.56 Å². The number of amides is 2. The number of hydrogen-bond donors (Lipinski definition) is 2. The Hall–Kier alpha value is -2.20. The van der Waals surface area contributed by atoms with E-state index >= 15 is 0 Å². The van der Waals surface area contributed by atoms with Crippen molar-refractivity contribution in [3.63, 3.8) is 0 Å². The van der Waals surface area contributed by atoms with Gasteiger partial charge in [0.2, 0.25) is 0 Å². The zero-order chi connectivity index (χ0) is 17.6. The molecule has 0 aromatic heterocycles. The summed E-state index contributed by atoms with van der Waals surface area (Å²) in [4.78, 5) is 25.0. The second kappa shape index (κ2) is 8.06. The SMILES string of the molecule is CSC[C@H](NC(=O)N1CCC(C#N)(c2ccccc2)CC1)C(=O)O. The molecule has 0 saturated carbocycles. The number of benzene rings is 1. The second-order valence-corrected chi connectivity index (χ2v) is 6.75. The molecular weight excluding hydrogens is 326 g/mol. The lowest BCUT2D eigenvalue weighted by Gasteiger charge is -2.37. The third kappa shape index (κ3) is 4.01. The Labute approximate surface area is 145 Å². The van der Waals surface area contributed by atoms with Crippen molar-refractivity contribution in [2.75, 3.05) is 25.1 Å². The molecule has 0 unspecified atom stereocenters. The summed E-state index contributed by atoms with van der Waals surface area (Å²) >= 11 is 1.37. The quantitative estimate of drug-likeness (QED) is 0.850. The van der Waals surface area contributed by atoms with Gasteiger partial charge in [0.05, 0.1) is 11.5 Å². The number of carbonyl (C=O) groups excluding carboxylic acids is 1.